The third-order valence-corrected chi connectivity index (χ3v) is 1.62. The summed E-state index contributed by atoms with van der Waals surface area (Å²) in [5.74, 6) is -0.605. The Hall–Kier alpha value is -0.283. The zero-order valence-corrected chi connectivity index (χ0v) is 18.3. The summed E-state index contributed by atoms with van der Waals surface area (Å²) < 4.78 is 18.9. The first-order valence-electron chi connectivity index (χ1n) is 7.07. The fourth-order valence-corrected chi connectivity index (χ4v) is 0.587. The van der Waals surface area contributed by atoms with Gasteiger partial charge in [-0.3, -0.25) is 4.79 Å². The Labute approximate surface area is 161 Å². The van der Waals surface area contributed by atoms with Crippen molar-refractivity contribution in [2.45, 2.75) is 33.1 Å². The molecule has 0 aliphatic heterocycles. The molecule has 0 unspecified atom stereocenters. The van der Waals surface area contributed by atoms with Crippen molar-refractivity contribution < 1.29 is 60.0 Å². The average Bonchev–Trinajstić information content (AvgIpc) is 2.60. The Bertz CT molecular complexity index is 243. The largest absolute Gasteiger partial charge is 0.469 e. The normalized spacial score (nSPS) is 7.77. The Morgan fingerprint density at radius 1 is 1.18 bits per heavy atom. The van der Waals surface area contributed by atoms with Crippen LogP contribution in [0.25, 0.3) is 0 Å². The van der Waals surface area contributed by atoms with E-state index in [2.05, 4.69) is 24.4 Å². The molecule has 0 bridgehead atoms. The van der Waals surface area contributed by atoms with E-state index < -0.39 is 5.97 Å². The number of carbonyl (C=O) groups excluding carboxylic acids is 2. The minimum absolute atomic E-state index is 0. The molecule has 0 fully saturated rings. The van der Waals surface area contributed by atoms with E-state index in [0.717, 1.165) is 25.5 Å². The number of carbonyl (C=O) groups is 2. The number of ether oxygens (including phenoxy) is 3. The van der Waals surface area contributed by atoms with Crippen LogP contribution >= 0.6 is 0 Å². The Balaban J connectivity index is -0.0000000715. The molecular formula is C14H29BO6U. The maximum absolute atomic E-state index is 10.5. The summed E-state index contributed by atoms with van der Waals surface area (Å²) in [7, 11) is 6.44. The van der Waals surface area contributed by atoms with Gasteiger partial charge in [0.1, 0.15) is 0 Å². The number of aliphatic hydroxyl groups excluding tert-OH is 1. The topological polar surface area (TPSA) is 82.1 Å². The standard InChI is InChI=1S/C7H14O3.C4H6O2.C3H8O.BH.U/c1-3-5-10-6-4-7(8)9-2;1-3-4(5)6-2;1-2-3-4;;/h3-6H2,1-2H3;3H,1H2,2H3;4H,2-3H2,1H3;1H;/i;;;1D;. The van der Waals surface area contributed by atoms with Crippen LogP contribution in [0.3, 0.4) is 0 Å². The molecule has 0 saturated carbocycles. The minimum Gasteiger partial charge on any atom is -0.469 e. The van der Waals surface area contributed by atoms with Gasteiger partial charge in [-0.05, 0) is 14.2 Å². The molecular weight excluding hydrogens is 513 g/mol. The van der Waals surface area contributed by atoms with Gasteiger partial charge >= 0.3 is 11.9 Å². The van der Waals surface area contributed by atoms with Crippen molar-refractivity contribution in [2.24, 2.45) is 0 Å². The first-order valence-corrected chi connectivity index (χ1v) is 6.49. The molecule has 0 heterocycles. The summed E-state index contributed by atoms with van der Waals surface area (Å²) in [5, 5.41) is 7.88. The van der Waals surface area contributed by atoms with E-state index in [1.165, 1.54) is 14.2 Å². The zero-order chi connectivity index (χ0) is 18.2. The summed E-state index contributed by atoms with van der Waals surface area (Å²) in [5.41, 5.74) is 0. The number of aliphatic hydroxyl groups is 1. The van der Waals surface area contributed by atoms with Crippen LogP contribution in [0.15, 0.2) is 12.7 Å². The van der Waals surface area contributed by atoms with Crippen molar-refractivity contribution >= 4 is 20.3 Å². The number of hydrogen-bond donors (Lipinski definition) is 1. The minimum atomic E-state index is -0.394. The van der Waals surface area contributed by atoms with Crippen LogP contribution in [-0.4, -0.2) is 60.8 Å². The summed E-state index contributed by atoms with van der Waals surface area (Å²) in [6, 6.07) is 0. The van der Waals surface area contributed by atoms with Gasteiger partial charge in [-0.15, -0.1) is 0 Å². The number of esters is 2. The van der Waals surface area contributed by atoms with Gasteiger partial charge in [-0.1, -0.05) is 20.4 Å². The summed E-state index contributed by atoms with van der Waals surface area (Å²) in [6.07, 6.45) is 3.33. The maximum atomic E-state index is 10.5. The molecule has 0 atom stereocenters. The van der Waals surface area contributed by atoms with Crippen molar-refractivity contribution in [2.75, 3.05) is 34.0 Å². The maximum Gasteiger partial charge on any atom is 0.329 e. The molecule has 128 valence electrons. The second-order valence-electron chi connectivity index (χ2n) is 3.39. The monoisotopic (exact) mass is 543 g/mol. The third kappa shape index (κ3) is 42.7. The third-order valence-electron chi connectivity index (χ3n) is 1.62. The van der Waals surface area contributed by atoms with Gasteiger partial charge < -0.3 is 19.3 Å². The summed E-state index contributed by atoms with van der Waals surface area (Å²) in [6.45, 7) is 8.62. The first kappa shape index (κ1) is 29.7. The molecule has 0 saturated heterocycles. The van der Waals surface area contributed by atoms with Gasteiger partial charge in [-0.25, -0.2) is 4.79 Å². The van der Waals surface area contributed by atoms with E-state index in [-0.39, 0.29) is 37.1 Å². The van der Waals surface area contributed by atoms with Gasteiger partial charge in [0.2, 0.25) is 0 Å². The van der Waals surface area contributed by atoms with Crippen LogP contribution in [0.5, 0.6) is 0 Å². The van der Waals surface area contributed by atoms with E-state index in [4.69, 9.17) is 11.2 Å². The molecule has 0 aliphatic carbocycles. The number of methoxy groups -OCH3 is 2. The van der Waals surface area contributed by atoms with Crippen LogP contribution < -0.4 is 0 Å². The van der Waals surface area contributed by atoms with Gasteiger partial charge in [-0.2, -0.15) is 0 Å². The SMILES string of the molecule is C=CC(=O)OC.CCCO.CCCOCCC(=O)OC.[2H][B].[U]. The van der Waals surface area contributed by atoms with Crippen molar-refractivity contribution in [1.82, 2.24) is 0 Å². The molecule has 0 aliphatic rings. The fraction of sp³-hybridized carbons (Fsp3) is 0.714. The van der Waals surface area contributed by atoms with E-state index in [1.807, 2.05) is 13.8 Å². The van der Waals surface area contributed by atoms with E-state index in [0.29, 0.717) is 19.6 Å². The molecule has 1 N–H and O–H groups in total. The van der Waals surface area contributed by atoms with Crippen LogP contribution in [0, 0.1) is 31.1 Å². The van der Waals surface area contributed by atoms with E-state index >= 15 is 0 Å². The van der Waals surface area contributed by atoms with Crippen LogP contribution in [0.1, 0.15) is 33.1 Å². The molecule has 0 aromatic heterocycles. The molecule has 8 heteroatoms. The smallest absolute Gasteiger partial charge is 0.329 e. The fourth-order valence-electron chi connectivity index (χ4n) is 0.587. The molecule has 22 heavy (non-hydrogen) atoms. The Kier molecular flexibility index (Phi) is 44.0. The van der Waals surface area contributed by atoms with Gasteiger partial charge in [0.05, 0.1) is 27.2 Å². The van der Waals surface area contributed by atoms with Crippen molar-refractivity contribution in [3.8, 4) is 0 Å². The quantitative estimate of drug-likeness (QED) is 0.224. The molecule has 0 spiro atoms. The Morgan fingerprint density at radius 2 is 1.68 bits per heavy atom. The van der Waals surface area contributed by atoms with Gasteiger partial charge in [0.15, 0.2) is 0 Å². The average molecular weight is 543 g/mol. The van der Waals surface area contributed by atoms with Crippen molar-refractivity contribution in [3.63, 3.8) is 0 Å². The number of rotatable bonds is 7. The predicted molar refractivity (Wildman–Crippen MR) is 84.5 cm³/mol. The zero-order valence-electron chi connectivity index (χ0n) is 15.1. The summed E-state index contributed by atoms with van der Waals surface area (Å²) in [4.78, 5) is 20.3. The van der Waals surface area contributed by atoms with Crippen LogP contribution in [0.4, 0.5) is 0 Å². The molecule has 0 aromatic rings. The molecule has 2 radical (unpaired) electrons. The molecule has 6 nitrogen and oxygen atoms in total. The van der Waals surface area contributed by atoms with Crippen LogP contribution in [0.2, 0.25) is 0 Å². The first-order chi connectivity index (χ1) is 10.5. The van der Waals surface area contributed by atoms with Gasteiger partial charge in [0.25, 0.3) is 0 Å². The van der Waals surface area contributed by atoms with Crippen molar-refractivity contribution in [1.29, 1.82) is 1.34 Å². The second kappa shape index (κ2) is 32.6. The number of hydrogen-bond acceptors (Lipinski definition) is 6. The van der Waals surface area contributed by atoms with E-state index in [1.54, 1.807) is 0 Å². The summed E-state index contributed by atoms with van der Waals surface area (Å²) >= 11 is 0. The Morgan fingerprint density at radius 3 is 1.91 bits per heavy atom. The van der Waals surface area contributed by atoms with Gasteiger partial charge in [0, 0.05) is 58.8 Å². The van der Waals surface area contributed by atoms with Crippen molar-refractivity contribution in [3.05, 3.63) is 12.7 Å². The van der Waals surface area contributed by atoms with E-state index in [9.17, 15) is 9.59 Å². The molecule has 0 aromatic carbocycles. The van der Waals surface area contributed by atoms with Crippen LogP contribution in [-0.2, 0) is 23.8 Å². The molecule has 0 amide bonds. The second-order valence-corrected chi connectivity index (χ2v) is 3.39. The predicted octanol–water partition coefficient (Wildman–Crippen LogP) is 1.06. The molecule has 0 rings (SSSR count).